The van der Waals surface area contributed by atoms with Gasteiger partial charge in [-0.15, -0.1) is 11.3 Å². The highest BCUT2D eigenvalue weighted by Gasteiger charge is 2.08. The summed E-state index contributed by atoms with van der Waals surface area (Å²) in [5.74, 6) is 0. The summed E-state index contributed by atoms with van der Waals surface area (Å²) in [5.41, 5.74) is 3.54. The molecule has 0 saturated carbocycles. The Morgan fingerprint density at radius 1 is 1.57 bits per heavy atom. The van der Waals surface area contributed by atoms with Gasteiger partial charge in [-0.05, 0) is 19.9 Å². The van der Waals surface area contributed by atoms with Crippen LogP contribution in [0.5, 0.6) is 0 Å². The van der Waals surface area contributed by atoms with Crippen molar-refractivity contribution in [2.75, 3.05) is 5.33 Å². The maximum Gasteiger partial charge on any atom is 0.194 e. The second-order valence-electron chi connectivity index (χ2n) is 3.13. The van der Waals surface area contributed by atoms with Gasteiger partial charge >= 0.3 is 0 Å². The molecule has 0 N–H and O–H groups in total. The molecule has 0 amide bonds. The maximum atomic E-state index is 4.50. The van der Waals surface area contributed by atoms with Crippen molar-refractivity contribution >= 4 is 38.3 Å². The lowest BCUT2D eigenvalue weighted by atomic mass is 10.3. The fraction of sp³-hybridized carbons (Fsp3) is 0.300. The zero-order valence-corrected chi connectivity index (χ0v) is 10.5. The number of alkyl halides is 1. The quantitative estimate of drug-likeness (QED) is 0.765. The molecular weight excluding hydrogens is 260 g/mol. The molecule has 0 unspecified atom stereocenters. The van der Waals surface area contributed by atoms with Crippen molar-refractivity contribution in [3.8, 4) is 0 Å². The summed E-state index contributed by atoms with van der Waals surface area (Å²) in [6.07, 6.45) is 4.21. The van der Waals surface area contributed by atoms with Crippen LogP contribution in [0.2, 0.25) is 0 Å². The van der Waals surface area contributed by atoms with E-state index in [4.69, 9.17) is 0 Å². The average molecular weight is 271 g/mol. The first-order valence-electron chi connectivity index (χ1n) is 4.39. The first kappa shape index (κ1) is 9.93. The standard InChI is InChI=1S/C10H11BrN2S/c1-7-6-14-10-12-8(2)9(13(7)10)4-3-5-11/h3-4,6H,5H2,1-2H3. The van der Waals surface area contributed by atoms with Gasteiger partial charge in [-0.1, -0.05) is 22.0 Å². The van der Waals surface area contributed by atoms with E-state index in [1.807, 2.05) is 6.92 Å². The Bertz CT molecular complexity index is 481. The molecule has 74 valence electrons. The molecule has 0 atom stereocenters. The molecule has 0 radical (unpaired) electrons. The number of nitrogens with zero attached hydrogens (tertiary/aromatic N) is 2. The Balaban J connectivity index is 2.65. The van der Waals surface area contributed by atoms with Gasteiger partial charge in [0.25, 0.3) is 0 Å². The minimum absolute atomic E-state index is 0.878. The SMILES string of the molecule is Cc1nc2scc(C)n2c1C=CCBr. The molecule has 2 nitrogen and oxygen atoms in total. The van der Waals surface area contributed by atoms with E-state index in [0.717, 1.165) is 16.0 Å². The monoisotopic (exact) mass is 270 g/mol. The fourth-order valence-electron chi connectivity index (χ4n) is 1.48. The second kappa shape index (κ2) is 3.87. The number of rotatable bonds is 2. The third-order valence-electron chi connectivity index (χ3n) is 2.12. The Morgan fingerprint density at radius 3 is 3.07 bits per heavy atom. The minimum Gasteiger partial charge on any atom is -0.288 e. The van der Waals surface area contributed by atoms with E-state index in [1.165, 1.54) is 11.4 Å². The van der Waals surface area contributed by atoms with Crippen molar-refractivity contribution < 1.29 is 0 Å². The molecule has 0 bridgehead atoms. The molecule has 0 aromatic carbocycles. The molecule has 2 aromatic heterocycles. The summed E-state index contributed by atoms with van der Waals surface area (Å²) in [6, 6.07) is 0. The topological polar surface area (TPSA) is 17.3 Å². The van der Waals surface area contributed by atoms with Crippen molar-refractivity contribution in [1.82, 2.24) is 9.38 Å². The molecule has 14 heavy (non-hydrogen) atoms. The number of aromatic nitrogens is 2. The van der Waals surface area contributed by atoms with Crippen LogP contribution >= 0.6 is 27.3 Å². The van der Waals surface area contributed by atoms with Crippen molar-refractivity contribution in [2.45, 2.75) is 13.8 Å². The number of hydrogen-bond donors (Lipinski definition) is 0. The van der Waals surface area contributed by atoms with E-state index in [1.54, 1.807) is 11.3 Å². The molecule has 2 heterocycles. The van der Waals surface area contributed by atoms with Crippen LogP contribution in [0.1, 0.15) is 17.1 Å². The number of thiazole rings is 1. The Kier molecular flexibility index (Phi) is 2.74. The van der Waals surface area contributed by atoms with E-state index in [2.05, 4.69) is 49.8 Å². The Hall–Kier alpha value is -0.610. The normalized spacial score (nSPS) is 11.9. The van der Waals surface area contributed by atoms with Crippen LogP contribution in [-0.2, 0) is 0 Å². The van der Waals surface area contributed by atoms with Crippen molar-refractivity contribution in [1.29, 1.82) is 0 Å². The molecule has 4 heteroatoms. The number of aryl methyl sites for hydroxylation is 2. The first-order valence-corrected chi connectivity index (χ1v) is 6.40. The highest BCUT2D eigenvalue weighted by atomic mass is 79.9. The minimum atomic E-state index is 0.878. The van der Waals surface area contributed by atoms with E-state index in [0.29, 0.717) is 0 Å². The summed E-state index contributed by atoms with van der Waals surface area (Å²) in [6.45, 7) is 4.16. The lowest BCUT2D eigenvalue weighted by Crippen LogP contribution is -1.87. The van der Waals surface area contributed by atoms with Gasteiger partial charge in [0.1, 0.15) is 0 Å². The molecule has 2 aromatic rings. The summed E-state index contributed by atoms with van der Waals surface area (Å²) in [4.78, 5) is 5.58. The van der Waals surface area contributed by atoms with Gasteiger partial charge < -0.3 is 0 Å². The van der Waals surface area contributed by atoms with Gasteiger partial charge in [-0.2, -0.15) is 0 Å². The molecule has 0 aliphatic heterocycles. The molecule has 2 rings (SSSR count). The zero-order valence-electron chi connectivity index (χ0n) is 8.12. The number of hydrogen-bond acceptors (Lipinski definition) is 2. The van der Waals surface area contributed by atoms with Crippen LogP contribution in [0, 0.1) is 13.8 Å². The smallest absolute Gasteiger partial charge is 0.194 e. The van der Waals surface area contributed by atoms with Gasteiger partial charge in [0.05, 0.1) is 11.4 Å². The lowest BCUT2D eigenvalue weighted by molar-refractivity contribution is 1.11. The van der Waals surface area contributed by atoms with Crippen LogP contribution in [-0.4, -0.2) is 14.7 Å². The molecule has 0 aliphatic rings. The summed E-state index contributed by atoms with van der Waals surface area (Å²) in [5, 5.41) is 3.01. The predicted octanol–water partition coefficient (Wildman–Crippen LogP) is 3.42. The Labute approximate surface area is 95.4 Å². The van der Waals surface area contributed by atoms with Crippen LogP contribution < -0.4 is 0 Å². The lowest BCUT2D eigenvalue weighted by Gasteiger charge is -1.95. The Morgan fingerprint density at radius 2 is 2.36 bits per heavy atom. The first-order chi connectivity index (χ1) is 6.74. The summed E-state index contributed by atoms with van der Waals surface area (Å²) in [7, 11) is 0. The molecule has 0 spiro atoms. The zero-order chi connectivity index (χ0) is 10.1. The third-order valence-corrected chi connectivity index (χ3v) is 3.44. The highest BCUT2D eigenvalue weighted by molar-refractivity contribution is 9.09. The molecule has 0 aliphatic carbocycles. The van der Waals surface area contributed by atoms with Gasteiger partial charge in [0.15, 0.2) is 4.96 Å². The summed E-state index contributed by atoms with van der Waals surface area (Å²) < 4.78 is 2.19. The van der Waals surface area contributed by atoms with Crippen LogP contribution in [0.3, 0.4) is 0 Å². The van der Waals surface area contributed by atoms with Crippen molar-refractivity contribution in [3.63, 3.8) is 0 Å². The van der Waals surface area contributed by atoms with Gasteiger partial charge in [-0.3, -0.25) is 4.40 Å². The third kappa shape index (κ3) is 1.53. The van der Waals surface area contributed by atoms with Crippen LogP contribution in [0.25, 0.3) is 11.0 Å². The number of fused-ring (bicyclic) bond motifs is 1. The number of allylic oxidation sites excluding steroid dienone is 1. The number of halogens is 1. The molecule has 0 saturated heterocycles. The van der Waals surface area contributed by atoms with E-state index >= 15 is 0 Å². The molecule has 0 fully saturated rings. The highest BCUT2D eigenvalue weighted by Crippen LogP contribution is 2.21. The van der Waals surface area contributed by atoms with E-state index in [9.17, 15) is 0 Å². The van der Waals surface area contributed by atoms with Gasteiger partial charge in [0, 0.05) is 16.4 Å². The van der Waals surface area contributed by atoms with E-state index in [-0.39, 0.29) is 0 Å². The maximum absolute atomic E-state index is 4.50. The van der Waals surface area contributed by atoms with Gasteiger partial charge in [-0.25, -0.2) is 4.98 Å². The van der Waals surface area contributed by atoms with E-state index < -0.39 is 0 Å². The number of imidazole rings is 1. The fourth-order valence-corrected chi connectivity index (χ4v) is 2.58. The average Bonchev–Trinajstić information content (AvgIpc) is 2.64. The largest absolute Gasteiger partial charge is 0.288 e. The van der Waals surface area contributed by atoms with Crippen LogP contribution in [0.15, 0.2) is 11.5 Å². The predicted molar refractivity (Wildman–Crippen MR) is 65.4 cm³/mol. The van der Waals surface area contributed by atoms with Crippen molar-refractivity contribution in [3.05, 3.63) is 28.5 Å². The molecular formula is C10H11BrN2S. The van der Waals surface area contributed by atoms with Gasteiger partial charge in [0.2, 0.25) is 0 Å². The second-order valence-corrected chi connectivity index (χ2v) is 4.62. The van der Waals surface area contributed by atoms with Crippen LogP contribution in [0.4, 0.5) is 0 Å². The van der Waals surface area contributed by atoms with Crippen molar-refractivity contribution in [2.24, 2.45) is 0 Å². The summed E-state index contributed by atoms with van der Waals surface area (Å²) >= 11 is 5.07.